The predicted molar refractivity (Wildman–Crippen MR) is 165 cm³/mol. The van der Waals surface area contributed by atoms with Crippen molar-refractivity contribution in [3.8, 4) is 0 Å². The number of ether oxygens (including phenoxy) is 1. The van der Waals surface area contributed by atoms with Gasteiger partial charge in [0.1, 0.15) is 18.2 Å². The molecule has 0 radical (unpaired) electrons. The molecular formula is C29H36ClFN5O8P. The highest BCUT2D eigenvalue weighted by atomic mass is 35.5. The van der Waals surface area contributed by atoms with E-state index in [9.17, 15) is 23.3 Å². The highest BCUT2D eigenvalue weighted by Crippen LogP contribution is 2.37. The molecule has 0 fully saturated rings. The Morgan fingerprint density at radius 1 is 1.13 bits per heavy atom. The number of nitrogens with one attached hydrogen (secondary N) is 3. The van der Waals surface area contributed by atoms with Crippen LogP contribution in [0.25, 0.3) is 10.8 Å². The van der Waals surface area contributed by atoms with E-state index in [1.807, 2.05) is 24.3 Å². The quantitative estimate of drug-likeness (QED) is 0.114. The van der Waals surface area contributed by atoms with Gasteiger partial charge in [0.05, 0.1) is 17.7 Å². The third-order valence-electron chi connectivity index (χ3n) is 6.54. The molecule has 0 unspecified atom stereocenters. The van der Waals surface area contributed by atoms with Gasteiger partial charge in [0, 0.05) is 43.4 Å². The second-order valence-electron chi connectivity index (χ2n) is 11.0. The SMILES string of the molecule is CC(=O)N(NCc1cccc(F)c1Cl)[C@@H](CCC(=O)NCC(C)(C)COP(=O)(O)O)COC(=O)Nc1cc2ccccc2cn1. The van der Waals surface area contributed by atoms with Crippen molar-refractivity contribution in [3.63, 3.8) is 0 Å². The first-order valence-electron chi connectivity index (χ1n) is 13.8. The van der Waals surface area contributed by atoms with Crippen molar-refractivity contribution in [2.75, 3.05) is 25.1 Å². The number of hydrazine groups is 1. The molecule has 3 rings (SSSR count). The van der Waals surface area contributed by atoms with Crippen LogP contribution < -0.4 is 16.1 Å². The van der Waals surface area contributed by atoms with E-state index in [1.54, 1.807) is 32.2 Å². The number of aromatic nitrogens is 1. The van der Waals surface area contributed by atoms with Gasteiger partial charge in [0.15, 0.2) is 0 Å². The summed E-state index contributed by atoms with van der Waals surface area (Å²) in [6.45, 7) is 3.96. The zero-order valence-electron chi connectivity index (χ0n) is 25.0. The van der Waals surface area contributed by atoms with Crippen LogP contribution >= 0.6 is 19.4 Å². The van der Waals surface area contributed by atoms with Crippen molar-refractivity contribution in [1.29, 1.82) is 0 Å². The molecule has 0 aliphatic rings. The zero-order valence-corrected chi connectivity index (χ0v) is 26.6. The fraction of sp³-hybridized carbons (Fsp3) is 0.379. The molecule has 5 N–H and O–H groups in total. The summed E-state index contributed by atoms with van der Waals surface area (Å²) in [6, 6.07) is 12.5. The van der Waals surface area contributed by atoms with Crippen LogP contribution in [-0.2, 0) is 30.0 Å². The standard InChI is InChI=1S/C29H36ClFN5O8P/c1-19(37)36(34-15-22-9-6-10-24(31)27(22)30)23(11-12-26(38)33-17-29(2,3)18-44-45(40,41)42)16-43-28(39)35-25-13-20-7-4-5-8-21(20)14-32-25/h4-10,13-14,23,34H,11-12,15-18H2,1-3H3,(H,33,38)(H,32,35,39)(H2,40,41,42)/t23-/m0/s1. The van der Waals surface area contributed by atoms with Crippen molar-refractivity contribution < 1.29 is 42.4 Å². The van der Waals surface area contributed by atoms with E-state index in [2.05, 4.69) is 25.6 Å². The van der Waals surface area contributed by atoms with Gasteiger partial charge in [0.25, 0.3) is 0 Å². The van der Waals surface area contributed by atoms with Gasteiger partial charge in [-0.2, -0.15) is 0 Å². The second kappa shape index (κ2) is 16.1. The van der Waals surface area contributed by atoms with Gasteiger partial charge in [-0.15, -0.1) is 0 Å². The molecule has 0 bridgehead atoms. The van der Waals surface area contributed by atoms with E-state index in [0.29, 0.717) is 5.56 Å². The molecule has 3 aromatic rings. The Morgan fingerprint density at radius 3 is 2.53 bits per heavy atom. The average Bonchev–Trinajstić information content (AvgIpc) is 2.97. The van der Waals surface area contributed by atoms with Crippen LogP contribution in [0.3, 0.4) is 0 Å². The van der Waals surface area contributed by atoms with Crippen molar-refractivity contribution in [1.82, 2.24) is 20.7 Å². The molecule has 0 saturated heterocycles. The first kappa shape index (κ1) is 35.8. The summed E-state index contributed by atoms with van der Waals surface area (Å²) in [5, 5.41) is 8.04. The van der Waals surface area contributed by atoms with E-state index < -0.39 is 43.0 Å². The summed E-state index contributed by atoms with van der Waals surface area (Å²) < 4.78 is 35.0. The van der Waals surface area contributed by atoms with Crippen molar-refractivity contribution >= 4 is 53.9 Å². The molecular weight excluding hydrogens is 632 g/mol. The van der Waals surface area contributed by atoms with Gasteiger partial charge in [0.2, 0.25) is 11.8 Å². The number of fused-ring (bicyclic) bond motifs is 1. The number of carbonyl (C=O) groups excluding carboxylic acids is 3. The van der Waals surface area contributed by atoms with Crippen LogP contribution in [-0.4, -0.2) is 63.5 Å². The van der Waals surface area contributed by atoms with Crippen LogP contribution in [0.4, 0.5) is 15.0 Å². The maximum absolute atomic E-state index is 14.0. The molecule has 0 saturated carbocycles. The number of anilines is 1. The van der Waals surface area contributed by atoms with Crippen molar-refractivity contribution in [2.24, 2.45) is 5.41 Å². The predicted octanol–water partition coefficient (Wildman–Crippen LogP) is 4.53. The lowest BCUT2D eigenvalue weighted by atomic mass is 9.95. The molecule has 2 aromatic carbocycles. The van der Waals surface area contributed by atoms with Crippen LogP contribution in [0, 0.1) is 11.2 Å². The Kier molecular flexibility index (Phi) is 12.8. The van der Waals surface area contributed by atoms with Gasteiger partial charge < -0.3 is 19.8 Å². The number of rotatable bonds is 15. The summed E-state index contributed by atoms with van der Waals surface area (Å²) in [4.78, 5) is 60.2. The molecule has 0 spiro atoms. The highest BCUT2D eigenvalue weighted by molar-refractivity contribution is 7.46. The Labute approximate surface area is 264 Å². The zero-order chi connectivity index (χ0) is 33.2. The molecule has 45 heavy (non-hydrogen) atoms. The van der Waals surface area contributed by atoms with Gasteiger partial charge in [-0.05, 0) is 29.5 Å². The summed E-state index contributed by atoms with van der Waals surface area (Å²) in [5.74, 6) is -1.27. The summed E-state index contributed by atoms with van der Waals surface area (Å²) in [6.07, 6.45) is 0.695. The average molecular weight is 668 g/mol. The van der Waals surface area contributed by atoms with Gasteiger partial charge in [-0.1, -0.05) is 61.8 Å². The lowest BCUT2D eigenvalue weighted by Crippen LogP contribution is -2.51. The molecule has 1 atom stereocenters. The molecule has 1 heterocycles. The van der Waals surface area contributed by atoms with Crippen LogP contribution in [0.2, 0.25) is 5.02 Å². The largest absolute Gasteiger partial charge is 0.469 e. The Hall–Kier alpha value is -3.65. The monoisotopic (exact) mass is 667 g/mol. The third kappa shape index (κ3) is 12.0. The minimum atomic E-state index is -4.68. The lowest BCUT2D eigenvalue weighted by molar-refractivity contribution is -0.137. The number of carbonyl (C=O) groups is 3. The van der Waals surface area contributed by atoms with Crippen LogP contribution in [0.5, 0.6) is 0 Å². The number of pyridine rings is 1. The fourth-order valence-corrected chi connectivity index (χ4v) is 4.85. The number of halogens is 2. The molecule has 0 aliphatic carbocycles. The number of hydrogen-bond acceptors (Lipinski definition) is 8. The second-order valence-corrected chi connectivity index (χ2v) is 12.6. The first-order chi connectivity index (χ1) is 21.1. The smallest absolute Gasteiger partial charge is 0.447 e. The highest BCUT2D eigenvalue weighted by Gasteiger charge is 2.27. The third-order valence-corrected chi connectivity index (χ3v) is 7.42. The van der Waals surface area contributed by atoms with Gasteiger partial charge >= 0.3 is 13.9 Å². The van der Waals surface area contributed by atoms with Crippen LogP contribution in [0.1, 0.15) is 39.2 Å². The number of phosphoric acid groups is 1. The van der Waals surface area contributed by atoms with Crippen molar-refractivity contribution in [3.05, 3.63) is 71.1 Å². The fourth-order valence-electron chi connectivity index (χ4n) is 4.14. The summed E-state index contributed by atoms with van der Waals surface area (Å²) in [5.41, 5.74) is 2.47. The number of nitrogens with zero attached hydrogens (tertiary/aromatic N) is 2. The molecule has 0 aliphatic heterocycles. The van der Waals surface area contributed by atoms with Crippen molar-refractivity contribution in [2.45, 2.75) is 46.2 Å². The molecule has 1 aromatic heterocycles. The lowest BCUT2D eigenvalue weighted by Gasteiger charge is -2.31. The topological polar surface area (TPSA) is 179 Å². The van der Waals surface area contributed by atoms with E-state index >= 15 is 0 Å². The number of benzene rings is 2. The molecule has 244 valence electrons. The normalized spacial score (nSPS) is 12.4. The van der Waals surface area contributed by atoms with Gasteiger partial charge in [-0.3, -0.25) is 24.4 Å². The van der Waals surface area contributed by atoms with E-state index in [1.165, 1.54) is 24.1 Å². The minimum Gasteiger partial charge on any atom is -0.447 e. The number of hydrogen-bond donors (Lipinski definition) is 5. The summed E-state index contributed by atoms with van der Waals surface area (Å²) in [7, 11) is -4.68. The molecule has 13 nitrogen and oxygen atoms in total. The number of amides is 3. The molecule has 3 amide bonds. The Morgan fingerprint density at radius 2 is 1.84 bits per heavy atom. The maximum Gasteiger partial charge on any atom is 0.469 e. The van der Waals surface area contributed by atoms with E-state index in [4.69, 9.17) is 26.1 Å². The summed E-state index contributed by atoms with van der Waals surface area (Å²) >= 11 is 6.07. The molecule has 16 heteroatoms. The van der Waals surface area contributed by atoms with E-state index in [0.717, 1.165) is 10.8 Å². The Bertz CT molecular complexity index is 1560. The van der Waals surface area contributed by atoms with Crippen LogP contribution in [0.15, 0.2) is 54.7 Å². The van der Waals surface area contributed by atoms with Gasteiger partial charge in [-0.25, -0.2) is 24.2 Å². The maximum atomic E-state index is 14.0. The minimum absolute atomic E-state index is 0.0379. The first-order valence-corrected chi connectivity index (χ1v) is 15.8. The number of phosphoric ester groups is 1. The van der Waals surface area contributed by atoms with E-state index in [-0.39, 0.29) is 50.0 Å². The Balaban J connectivity index is 1.67.